The second-order valence-electron chi connectivity index (χ2n) is 8.18. The van der Waals surface area contributed by atoms with Crippen LogP contribution in [0.15, 0.2) is 85.2 Å². The van der Waals surface area contributed by atoms with Gasteiger partial charge >= 0.3 is 0 Å². The Labute approximate surface area is 183 Å². The Morgan fingerprint density at radius 3 is 1.59 bits per heavy atom. The van der Waals surface area contributed by atoms with Gasteiger partial charge in [-0.2, -0.15) is 10.2 Å². The van der Waals surface area contributed by atoms with Gasteiger partial charge in [-0.1, -0.05) is 36.4 Å². The number of benzene rings is 2. The van der Waals surface area contributed by atoms with Crippen LogP contribution in [0.5, 0.6) is 0 Å². The zero-order chi connectivity index (χ0) is 21.1. The number of rotatable bonds is 0. The van der Waals surface area contributed by atoms with E-state index in [4.69, 9.17) is 20.2 Å². The van der Waals surface area contributed by atoms with Crippen LogP contribution in [-0.2, 0) is 12.8 Å². The Morgan fingerprint density at radius 1 is 0.531 bits per heavy atom. The van der Waals surface area contributed by atoms with E-state index in [1.54, 1.807) is 0 Å². The Hall–Kier alpha value is -4.32. The van der Waals surface area contributed by atoms with Crippen molar-refractivity contribution in [3.63, 3.8) is 0 Å². The van der Waals surface area contributed by atoms with Gasteiger partial charge < -0.3 is 0 Å². The minimum absolute atomic E-state index is 0.756. The molecule has 6 heteroatoms. The molecule has 0 unspecified atom stereocenters. The minimum Gasteiger partial charge on any atom is -0.257 e. The van der Waals surface area contributed by atoms with E-state index in [1.165, 1.54) is 11.1 Å². The molecule has 6 nitrogen and oxygen atoms in total. The van der Waals surface area contributed by atoms with Gasteiger partial charge in [0.15, 0.2) is 11.6 Å². The zero-order valence-electron chi connectivity index (χ0n) is 17.2. The lowest BCUT2D eigenvalue weighted by Crippen LogP contribution is -2.03. The first-order chi connectivity index (χ1) is 15.8. The maximum Gasteiger partial charge on any atom is 0.155 e. The van der Waals surface area contributed by atoms with E-state index in [0.717, 1.165) is 57.7 Å². The van der Waals surface area contributed by atoms with Gasteiger partial charge in [-0.15, -0.1) is 0 Å². The molecule has 4 aromatic heterocycles. The molecule has 5 heterocycles. The van der Waals surface area contributed by atoms with E-state index in [9.17, 15) is 0 Å². The topological polar surface area (TPSA) is 61.4 Å². The van der Waals surface area contributed by atoms with Gasteiger partial charge in [0, 0.05) is 47.4 Å². The van der Waals surface area contributed by atoms with Crippen LogP contribution in [0.1, 0.15) is 22.5 Å². The molecule has 1 aliphatic heterocycles. The third kappa shape index (κ3) is 2.73. The van der Waals surface area contributed by atoms with Crippen LogP contribution in [0.3, 0.4) is 0 Å². The first kappa shape index (κ1) is 17.4. The lowest BCUT2D eigenvalue weighted by Gasteiger charge is -2.07. The molecule has 32 heavy (non-hydrogen) atoms. The minimum atomic E-state index is 0.756. The van der Waals surface area contributed by atoms with Crippen molar-refractivity contribution in [2.24, 2.45) is 0 Å². The number of nitrogens with zero attached hydrogens (tertiary/aromatic N) is 6. The highest BCUT2D eigenvalue weighted by Crippen LogP contribution is 2.25. The summed E-state index contributed by atoms with van der Waals surface area (Å²) in [5.74, 6) is 1.52. The molecule has 0 atom stereocenters. The second kappa shape index (κ2) is 6.59. The predicted octanol–water partition coefficient (Wildman–Crippen LogP) is 4.65. The van der Waals surface area contributed by atoms with Crippen molar-refractivity contribution in [1.29, 1.82) is 0 Å². The summed E-state index contributed by atoms with van der Waals surface area (Å²) < 4.78 is 3.70. The highest BCUT2D eigenvalue weighted by Gasteiger charge is 2.13. The maximum atomic E-state index is 4.98. The fourth-order valence-electron chi connectivity index (χ4n) is 4.53. The van der Waals surface area contributed by atoms with Crippen LogP contribution in [0.2, 0.25) is 0 Å². The molecular weight excluding hydrogens is 396 g/mol. The molecule has 0 aliphatic carbocycles. The predicted molar refractivity (Wildman–Crippen MR) is 123 cm³/mol. The molecule has 6 aromatic rings. The van der Waals surface area contributed by atoms with Gasteiger partial charge in [0.1, 0.15) is 0 Å². The maximum absolute atomic E-state index is 4.98. The van der Waals surface area contributed by atoms with Crippen molar-refractivity contribution >= 4 is 21.8 Å². The van der Waals surface area contributed by atoms with E-state index in [0.29, 0.717) is 0 Å². The van der Waals surface area contributed by atoms with E-state index in [2.05, 4.69) is 54.9 Å². The van der Waals surface area contributed by atoms with Crippen LogP contribution in [0.4, 0.5) is 0 Å². The van der Waals surface area contributed by atoms with Crippen molar-refractivity contribution in [3.05, 3.63) is 108 Å². The Bertz CT molecular complexity index is 1530. The largest absolute Gasteiger partial charge is 0.257 e. The molecule has 0 saturated carbocycles. The molecule has 0 N–H and O–H groups in total. The van der Waals surface area contributed by atoms with Crippen molar-refractivity contribution in [3.8, 4) is 11.6 Å². The molecule has 0 radical (unpaired) electrons. The summed E-state index contributed by atoms with van der Waals surface area (Å²) in [6.45, 7) is 0. The summed E-state index contributed by atoms with van der Waals surface area (Å²) in [6.07, 6.45) is 5.63. The van der Waals surface area contributed by atoms with Gasteiger partial charge in [-0.3, -0.25) is 4.98 Å². The SMILES string of the molecule is c1cc2nc(c1)Cc1cccc3nn(cc13)-c1cccc(n1)-n1cc3c(cccc3n1)C2. The monoisotopic (exact) mass is 414 g/mol. The first-order valence-electron chi connectivity index (χ1n) is 10.7. The fraction of sp³-hybridized carbons (Fsp3) is 0.0769. The smallest absolute Gasteiger partial charge is 0.155 e. The van der Waals surface area contributed by atoms with Crippen LogP contribution in [0, 0.1) is 0 Å². The van der Waals surface area contributed by atoms with Gasteiger partial charge in [0.25, 0.3) is 0 Å². The number of fused-ring (bicyclic) bond motifs is 8. The summed E-state index contributed by atoms with van der Waals surface area (Å²) in [4.78, 5) is 9.84. The average Bonchev–Trinajstić information content (AvgIpc) is 3.45. The van der Waals surface area contributed by atoms with E-state index < -0.39 is 0 Å². The van der Waals surface area contributed by atoms with Gasteiger partial charge in [0.2, 0.25) is 0 Å². The summed E-state index contributed by atoms with van der Waals surface area (Å²) in [5.41, 5.74) is 6.42. The van der Waals surface area contributed by atoms with E-state index in [1.807, 2.05) is 39.7 Å². The molecule has 0 saturated heterocycles. The third-order valence-corrected chi connectivity index (χ3v) is 6.08. The van der Waals surface area contributed by atoms with Gasteiger partial charge in [0.05, 0.1) is 11.0 Å². The zero-order valence-corrected chi connectivity index (χ0v) is 17.2. The number of pyridine rings is 2. The Kier molecular flexibility index (Phi) is 3.58. The Balaban J connectivity index is 1.52. The van der Waals surface area contributed by atoms with Crippen molar-refractivity contribution in [1.82, 2.24) is 29.5 Å². The van der Waals surface area contributed by atoms with Crippen molar-refractivity contribution in [2.45, 2.75) is 12.8 Å². The van der Waals surface area contributed by atoms with Crippen LogP contribution in [0.25, 0.3) is 33.4 Å². The molecular formula is C26H18N6. The van der Waals surface area contributed by atoms with Gasteiger partial charge in [-0.25, -0.2) is 14.3 Å². The summed E-state index contributed by atoms with van der Waals surface area (Å²) in [7, 11) is 0. The quantitative estimate of drug-likeness (QED) is 0.362. The highest BCUT2D eigenvalue weighted by molar-refractivity contribution is 5.83. The van der Waals surface area contributed by atoms with Gasteiger partial charge in [-0.05, 0) is 47.5 Å². The molecule has 152 valence electrons. The molecule has 7 rings (SSSR count). The lowest BCUT2D eigenvalue weighted by atomic mass is 10.0. The fourth-order valence-corrected chi connectivity index (χ4v) is 4.53. The van der Waals surface area contributed by atoms with Crippen LogP contribution >= 0.6 is 0 Å². The highest BCUT2D eigenvalue weighted by atomic mass is 15.3. The third-order valence-electron chi connectivity index (χ3n) is 6.08. The summed E-state index contributed by atoms with van der Waals surface area (Å²) in [5, 5.41) is 11.8. The Morgan fingerprint density at radius 2 is 1.03 bits per heavy atom. The first-order valence-corrected chi connectivity index (χ1v) is 10.7. The second-order valence-corrected chi connectivity index (χ2v) is 8.18. The normalized spacial score (nSPS) is 12.8. The molecule has 0 fully saturated rings. The standard InChI is InChI=1S/C26H18N6/c1-5-17-13-19-7-3-8-20(27-19)14-18-6-2-10-24-22(18)16-32(30-24)26-12-4-11-25(28-26)31-15-21(17)23(9-1)29-31/h1-12,15-16H,13-14H2. The van der Waals surface area contributed by atoms with E-state index >= 15 is 0 Å². The number of hydrogen-bond donors (Lipinski definition) is 0. The van der Waals surface area contributed by atoms with E-state index in [-0.39, 0.29) is 0 Å². The number of hydrogen-bond acceptors (Lipinski definition) is 4. The molecule has 0 amide bonds. The summed E-state index contributed by atoms with van der Waals surface area (Å²) >= 11 is 0. The van der Waals surface area contributed by atoms with Crippen LogP contribution < -0.4 is 0 Å². The average molecular weight is 414 g/mol. The molecule has 2 aromatic carbocycles. The lowest BCUT2D eigenvalue weighted by molar-refractivity contribution is 0.815. The molecule has 1 aliphatic rings. The van der Waals surface area contributed by atoms with Crippen molar-refractivity contribution in [2.75, 3.05) is 0 Å². The van der Waals surface area contributed by atoms with Crippen LogP contribution in [-0.4, -0.2) is 29.5 Å². The summed E-state index contributed by atoms with van der Waals surface area (Å²) in [6, 6.07) is 24.7. The molecule has 8 bridgehead atoms. The number of aromatic nitrogens is 6. The molecule has 0 spiro atoms. The van der Waals surface area contributed by atoms with Crippen molar-refractivity contribution < 1.29 is 0 Å².